The van der Waals surface area contributed by atoms with E-state index in [-0.39, 0.29) is 15.1 Å². The molecule has 0 saturated heterocycles. The lowest BCUT2D eigenvalue weighted by Crippen LogP contribution is -2.33. The zero-order chi connectivity index (χ0) is 15.6. The summed E-state index contributed by atoms with van der Waals surface area (Å²) >= 11 is 0. The predicted molar refractivity (Wildman–Crippen MR) is 73.8 cm³/mol. The number of hydrogen-bond donors (Lipinski definition) is 0. The van der Waals surface area contributed by atoms with E-state index in [2.05, 4.69) is 13.2 Å². The van der Waals surface area contributed by atoms with Gasteiger partial charge in [-0.15, -0.1) is 0 Å². The molecule has 8 nitrogen and oxygen atoms in total. The molecule has 0 aromatic heterocycles. The van der Waals surface area contributed by atoms with E-state index in [1.54, 1.807) is 0 Å². The number of anilines is 1. The van der Waals surface area contributed by atoms with Gasteiger partial charge in [-0.25, -0.2) is 16.8 Å². The van der Waals surface area contributed by atoms with Crippen LogP contribution in [0.3, 0.4) is 0 Å². The highest BCUT2D eigenvalue weighted by Gasteiger charge is 2.30. The molecule has 0 aliphatic rings. The van der Waals surface area contributed by atoms with Crippen molar-refractivity contribution in [3.05, 3.63) is 58.4 Å². The summed E-state index contributed by atoms with van der Waals surface area (Å²) in [5, 5.41) is 11.4. The zero-order valence-electron chi connectivity index (χ0n) is 10.0. The van der Waals surface area contributed by atoms with Crippen LogP contribution in [0.25, 0.3) is 0 Å². The van der Waals surface area contributed by atoms with Gasteiger partial charge in [-0.2, -0.15) is 3.71 Å². The summed E-state index contributed by atoms with van der Waals surface area (Å²) in [6.07, 6.45) is 0. The average Bonchev–Trinajstić information content (AvgIpc) is 2.39. The van der Waals surface area contributed by atoms with Gasteiger partial charge in [-0.3, -0.25) is 10.1 Å². The van der Waals surface area contributed by atoms with Crippen molar-refractivity contribution in [1.82, 2.24) is 0 Å². The standard InChI is InChI=1S/C10H10N2O6S2/c1-3-19(15,16)12(20(17,18)4-2)10-7-5-9(6-8-10)11(13)14/h3-8H,1-2H2. The maximum atomic E-state index is 11.8. The normalized spacial score (nSPS) is 11.6. The second-order valence-electron chi connectivity index (χ2n) is 3.39. The van der Waals surface area contributed by atoms with Crippen LogP contribution in [0.15, 0.2) is 48.2 Å². The lowest BCUT2D eigenvalue weighted by Gasteiger charge is -2.19. The van der Waals surface area contributed by atoms with Crippen LogP contribution in [0, 0.1) is 10.1 Å². The number of nitrogens with zero attached hydrogens (tertiary/aromatic N) is 2. The molecule has 20 heavy (non-hydrogen) atoms. The SMILES string of the molecule is C=CS(=O)(=O)N(c1ccc([N+](=O)[O-])cc1)S(=O)(=O)C=C. The first-order chi connectivity index (χ1) is 9.15. The summed E-state index contributed by atoms with van der Waals surface area (Å²) in [5.74, 6) is 0. The van der Waals surface area contributed by atoms with E-state index < -0.39 is 25.0 Å². The highest BCUT2D eigenvalue weighted by atomic mass is 32.3. The molecule has 1 aromatic carbocycles. The van der Waals surface area contributed by atoms with Crippen LogP contribution < -0.4 is 3.71 Å². The lowest BCUT2D eigenvalue weighted by atomic mass is 10.3. The molecule has 0 N–H and O–H groups in total. The second-order valence-corrected chi connectivity index (χ2v) is 7.08. The minimum atomic E-state index is -4.35. The largest absolute Gasteiger partial charge is 0.270 e. The summed E-state index contributed by atoms with van der Waals surface area (Å²) in [4.78, 5) is 9.82. The quantitative estimate of drug-likeness (QED) is 0.577. The first-order valence-electron chi connectivity index (χ1n) is 4.95. The molecule has 1 rings (SSSR count). The van der Waals surface area contributed by atoms with Gasteiger partial charge in [0, 0.05) is 22.9 Å². The van der Waals surface area contributed by atoms with Gasteiger partial charge >= 0.3 is 0 Å². The van der Waals surface area contributed by atoms with Gasteiger partial charge < -0.3 is 0 Å². The molecule has 1 aromatic rings. The van der Waals surface area contributed by atoms with E-state index in [0.29, 0.717) is 10.8 Å². The van der Waals surface area contributed by atoms with E-state index in [1.165, 1.54) is 0 Å². The summed E-state index contributed by atoms with van der Waals surface area (Å²) < 4.78 is 47.2. The summed E-state index contributed by atoms with van der Waals surface area (Å²) in [6, 6.07) is 3.97. The van der Waals surface area contributed by atoms with Crippen LogP contribution in [0.4, 0.5) is 11.4 Å². The number of nitro groups is 1. The van der Waals surface area contributed by atoms with E-state index in [4.69, 9.17) is 0 Å². The number of benzene rings is 1. The lowest BCUT2D eigenvalue weighted by molar-refractivity contribution is -0.384. The number of hydrogen-bond acceptors (Lipinski definition) is 6. The number of non-ortho nitro benzene ring substituents is 1. The van der Waals surface area contributed by atoms with Gasteiger partial charge in [0.2, 0.25) is 0 Å². The molecule has 0 fully saturated rings. The maximum Gasteiger partial charge on any atom is 0.270 e. The molecule has 0 bridgehead atoms. The maximum absolute atomic E-state index is 11.8. The first kappa shape index (κ1) is 15.9. The molecular formula is C10H10N2O6S2. The minimum Gasteiger partial charge on any atom is -0.258 e. The smallest absolute Gasteiger partial charge is 0.258 e. The van der Waals surface area contributed by atoms with Gasteiger partial charge in [-0.05, 0) is 12.1 Å². The van der Waals surface area contributed by atoms with Crippen molar-refractivity contribution in [3.63, 3.8) is 0 Å². The van der Waals surface area contributed by atoms with E-state index >= 15 is 0 Å². The van der Waals surface area contributed by atoms with Gasteiger partial charge in [-0.1, -0.05) is 13.2 Å². The molecule has 0 spiro atoms. The van der Waals surface area contributed by atoms with Gasteiger partial charge in [0.25, 0.3) is 25.7 Å². The van der Waals surface area contributed by atoms with Crippen LogP contribution in [-0.4, -0.2) is 21.8 Å². The molecule has 0 amide bonds. The molecule has 108 valence electrons. The third-order valence-electron chi connectivity index (χ3n) is 2.15. The van der Waals surface area contributed by atoms with Crippen LogP contribution in [0.1, 0.15) is 0 Å². The molecule has 0 heterocycles. The van der Waals surface area contributed by atoms with Gasteiger partial charge in [0.05, 0.1) is 10.6 Å². The fraction of sp³-hybridized carbons (Fsp3) is 0. The van der Waals surface area contributed by atoms with Crippen LogP contribution >= 0.6 is 0 Å². The Kier molecular flexibility index (Phi) is 4.30. The van der Waals surface area contributed by atoms with Crippen LogP contribution in [-0.2, 0) is 20.0 Å². The third-order valence-corrected chi connectivity index (χ3v) is 5.59. The summed E-state index contributed by atoms with van der Waals surface area (Å²) in [5.41, 5.74) is -0.587. The molecule has 0 atom stereocenters. The Morgan fingerprint density at radius 1 is 1.00 bits per heavy atom. The molecule has 0 aliphatic heterocycles. The van der Waals surface area contributed by atoms with Crippen LogP contribution in [0.2, 0.25) is 0 Å². The van der Waals surface area contributed by atoms with E-state index in [0.717, 1.165) is 24.3 Å². The third kappa shape index (κ3) is 3.03. The Morgan fingerprint density at radius 3 is 1.70 bits per heavy atom. The fourth-order valence-electron chi connectivity index (χ4n) is 1.27. The highest BCUT2D eigenvalue weighted by Crippen LogP contribution is 2.25. The monoisotopic (exact) mass is 318 g/mol. The summed E-state index contributed by atoms with van der Waals surface area (Å²) in [7, 11) is -8.70. The Bertz CT molecular complexity index is 711. The highest BCUT2D eigenvalue weighted by molar-refractivity contribution is 8.12. The Labute approximate surface area is 115 Å². The Hall–Kier alpha value is -2.20. The van der Waals surface area contributed by atoms with Crippen LogP contribution in [0.5, 0.6) is 0 Å². The van der Waals surface area contributed by atoms with Crippen molar-refractivity contribution in [2.24, 2.45) is 0 Å². The summed E-state index contributed by atoms with van der Waals surface area (Å²) in [6.45, 7) is 6.07. The number of rotatable bonds is 6. The van der Waals surface area contributed by atoms with Crippen molar-refractivity contribution >= 4 is 31.4 Å². The van der Waals surface area contributed by atoms with Crippen molar-refractivity contribution in [1.29, 1.82) is 0 Å². The molecule has 10 heteroatoms. The number of nitro benzene ring substituents is 1. The predicted octanol–water partition coefficient (Wildman–Crippen LogP) is 1.35. The topological polar surface area (TPSA) is 115 Å². The molecular weight excluding hydrogens is 308 g/mol. The van der Waals surface area contributed by atoms with E-state index in [9.17, 15) is 26.9 Å². The fourth-order valence-corrected chi connectivity index (χ4v) is 3.90. The number of sulfonamides is 2. The van der Waals surface area contributed by atoms with Gasteiger partial charge in [0.15, 0.2) is 0 Å². The minimum absolute atomic E-state index is 0.0870. The van der Waals surface area contributed by atoms with E-state index in [1.807, 2.05) is 0 Å². The zero-order valence-corrected chi connectivity index (χ0v) is 11.7. The second kappa shape index (κ2) is 5.43. The first-order valence-corrected chi connectivity index (χ1v) is 7.96. The average molecular weight is 318 g/mol. The van der Waals surface area contributed by atoms with Crippen molar-refractivity contribution in [2.45, 2.75) is 0 Å². The van der Waals surface area contributed by atoms with Crippen molar-refractivity contribution in [3.8, 4) is 0 Å². The van der Waals surface area contributed by atoms with Crippen molar-refractivity contribution < 1.29 is 21.8 Å². The van der Waals surface area contributed by atoms with Gasteiger partial charge in [0.1, 0.15) is 0 Å². The Balaban J connectivity index is 3.51. The molecule has 0 aliphatic carbocycles. The Morgan fingerprint density at radius 2 is 1.40 bits per heavy atom. The molecule has 0 unspecified atom stereocenters. The molecule has 0 saturated carbocycles. The van der Waals surface area contributed by atoms with Crippen molar-refractivity contribution in [2.75, 3.05) is 3.71 Å². The molecule has 0 radical (unpaired) electrons.